The normalized spacial score (nSPS) is 17.5. The van der Waals surface area contributed by atoms with E-state index in [1.807, 2.05) is 0 Å². The first-order valence-corrected chi connectivity index (χ1v) is 2.17. The first-order valence-electron chi connectivity index (χ1n) is 2.17. The van der Waals surface area contributed by atoms with Gasteiger partial charge < -0.3 is 17.4 Å². The summed E-state index contributed by atoms with van der Waals surface area (Å²) in [4.78, 5) is 20.4. The molecule has 0 aromatic heterocycles. The quantitative estimate of drug-likeness (QED) is 0.299. The molecule has 0 unspecified atom stereocenters. The molecule has 1 saturated carbocycles. The number of rotatable bonds is 0. The Morgan fingerprint density at radius 2 is 2.12 bits per heavy atom. The van der Waals surface area contributed by atoms with E-state index in [4.69, 9.17) is 0 Å². The fraction of sp³-hybridized carbons (Fsp3) is 0.400. The topological polar surface area (TPSA) is 34.1 Å². The zero-order chi connectivity index (χ0) is 5.28. The van der Waals surface area contributed by atoms with Gasteiger partial charge in [0.1, 0.15) is 5.78 Å². The van der Waals surface area contributed by atoms with Crippen molar-refractivity contribution < 1.29 is 11.0 Å². The maximum atomic E-state index is 10.2. The Balaban J connectivity index is 0. The van der Waals surface area contributed by atoms with Crippen LogP contribution in [0.25, 0.3) is 0 Å². The van der Waals surface area contributed by atoms with E-state index in [-0.39, 0.29) is 64.9 Å². The van der Waals surface area contributed by atoms with E-state index in [0.717, 1.165) is 0 Å². The van der Waals surface area contributed by atoms with Crippen molar-refractivity contribution in [1.29, 1.82) is 0 Å². The number of hydrogen-bond donors (Lipinski definition) is 0. The Hall–Kier alpha value is 0.691. The summed E-state index contributed by atoms with van der Waals surface area (Å²) < 4.78 is 0. The average Bonchev–Trinajstić information content (AvgIpc) is 1.87. The van der Waals surface area contributed by atoms with E-state index < -0.39 is 0 Å². The number of hydrogen-bond acceptors (Lipinski definition) is 2. The van der Waals surface area contributed by atoms with Crippen molar-refractivity contribution in [2.75, 3.05) is 0 Å². The first-order chi connectivity index (χ1) is 3.29. The Morgan fingerprint density at radius 3 is 2.25 bits per heavy atom. The molecule has 0 heterocycles. The third kappa shape index (κ3) is 2.31. The summed E-state index contributed by atoms with van der Waals surface area (Å²) in [5.41, 5.74) is 0. The molecule has 40 valence electrons. The molecule has 3 heteroatoms. The van der Waals surface area contributed by atoms with Gasteiger partial charge in [0, 0.05) is 12.2 Å². The SMILES string of the molecule is O=C1[CH-]CC(=O)C1.[H-].[Sr+2]. The molecule has 0 saturated heterocycles. The van der Waals surface area contributed by atoms with Crippen LogP contribution in [0.1, 0.15) is 14.3 Å². The molecule has 1 rings (SSSR count). The molecule has 0 amide bonds. The van der Waals surface area contributed by atoms with Crippen LogP contribution in [0.5, 0.6) is 0 Å². The van der Waals surface area contributed by atoms with E-state index in [1.165, 1.54) is 6.42 Å². The van der Waals surface area contributed by atoms with Crippen LogP contribution in [0.2, 0.25) is 0 Å². The monoisotopic (exact) mass is 186 g/mol. The van der Waals surface area contributed by atoms with Gasteiger partial charge in [-0.1, -0.05) is 0 Å². The van der Waals surface area contributed by atoms with Crippen LogP contribution in [-0.4, -0.2) is 57.0 Å². The third-order valence-corrected chi connectivity index (χ3v) is 0.929. The van der Waals surface area contributed by atoms with Gasteiger partial charge in [-0.2, -0.15) is 0 Å². The Kier molecular flexibility index (Phi) is 3.98. The van der Waals surface area contributed by atoms with Crippen LogP contribution in [-0.2, 0) is 9.59 Å². The van der Waals surface area contributed by atoms with Crippen LogP contribution in [0, 0.1) is 6.42 Å². The Labute approximate surface area is 86.4 Å². The van der Waals surface area contributed by atoms with Gasteiger partial charge in [-0.05, 0) is 0 Å². The van der Waals surface area contributed by atoms with Gasteiger partial charge in [0.25, 0.3) is 0 Å². The molecule has 0 radical (unpaired) electrons. The van der Waals surface area contributed by atoms with E-state index in [0.29, 0.717) is 6.42 Å². The number of carbonyl (C=O) groups excluding carboxylic acids is 2. The molecule has 1 aliphatic rings. The second-order valence-corrected chi connectivity index (χ2v) is 1.59. The predicted octanol–water partition coefficient (Wildman–Crippen LogP) is -0.146. The van der Waals surface area contributed by atoms with Gasteiger partial charge in [-0.3, -0.25) is 0 Å². The minimum absolute atomic E-state index is 0. The van der Waals surface area contributed by atoms with E-state index in [9.17, 15) is 9.59 Å². The predicted molar refractivity (Wildman–Crippen MR) is 30.4 cm³/mol. The van der Waals surface area contributed by atoms with E-state index >= 15 is 0 Å². The summed E-state index contributed by atoms with van der Waals surface area (Å²) in [5.74, 6) is 0.0231. The summed E-state index contributed by atoms with van der Waals surface area (Å²) in [6, 6.07) is 0. The van der Waals surface area contributed by atoms with Gasteiger partial charge in [-0.15, -0.1) is 6.42 Å². The van der Waals surface area contributed by atoms with Crippen LogP contribution in [0.4, 0.5) is 0 Å². The molecule has 0 N–H and O–H groups in total. The molecule has 1 aliphatic carbocycles. The molecule has 1 fully saturated rings. The first kappa shape index (κ1) is 8.69. The Morgan fingerprint density at radius 1 is 1.50 bits per heavy atom. The largest absolute Gasteiger partial charge is 2.00 e. The van der Waals surface area contributed by atoms with Crippen molar-refractivity contribution in [2.24, 2.45) is 0 Å². The summed E-state index contributed by atoms with van der Waals surface area (Å²) in [6.07, 6.45) is 1.93. The second-order valence-electron chi connectivity index (χ2n) is 1.59. The molecule has 0 aliphatic heterocycles. The van der Waals surface area contributed by atoms with Crippen molar-refractivity contribution in [1.82, 2.24) is 0 Å². The molecule has 0 aromatic rings. The minimum Gasteiger partial charge on any atom is -1.00 e. The zero-order valence-corrected chi connectivity index (χ0v) is 7.99. The maximum Gasteiger partial charge on any atom is 2.00 e. The average molecular weight is 186 g/mol. The van der Waals surface area contributed by atoms with Crippen LogP contribution in [0.15, 0.2) is 0 Å². The van der Waals surface area contributed by atoms with Gasteiger partial charge >= 0.3 is 45.5 Å². The molecular weight excluding hydrogens is 180 g/mol. The number of Topliss-reactive ketones (excluding diaryl/α,β-unsaturated/α-hetero) is 2. The van der Waals surface area contributed by atoms with Crippen molar-refractivity contribution in [2.45, 2.75) is 12.8 Å². The zero-order valence-electron chi connectivity index (χ0n) is 5.52. The summed E-state index contributed by atoms with van der Waals surface area (Å²) in [7, 11) is 0. The third-order valence-electron chi connectivity index (χ3n) is 0.929. The number of ketones is 2. The minimum atomic E-state index is -0.0231. The summed E-state index contributed by atoms with van der Waals surface area (Å²) in [5, 5.41) is 0. The summed E-state index contributed by atoms with van der Waals surface area (Å²) in [6.45, 7) is 0. The standard InChI is InChI=1S/C5H5O2.Sr.H/c6-4-1-2-5(7)3-4;;/h1H,2-3H2;;/q-1;+2;-1. The number of carbonyl (C=O) groups is 2. The molecule has 0 atom stereocenters. The van der Waals surface area contributed by atoms with Crippen molar-refractivity contribution in [3.05, 3.63) is 6.42 Å². The molecule has 0 bridgehead atoms. The summed E-state index contributed by atoms with van der Waals surface area (Å²) >= 11 is 0. The van der Waals surface area contributed by atoms with Crippen LogP contribution < -0.4 is 0 Å². The Bertz CT molecular complexity index is 110. The van der Waals surface area contributed by atoms with E-state index in [2.05, 4.69) is 0 Å². The maximum absolute atomic E-state index is 10.2. The molecule has 8 heavy (non-hydrogen) atoms. The second kappa shape index (κ2) is 3.67. The van der Waals surface area contributed by atoms with Crippen LogP contribution >= 0.6 is 0 Å². The van der Waals surface area contributed by atoms with Gasteiger partial charge in [0.15, 0.2) is 0 Å². The fourth-order valence-electron chi connectivity index (χ4n) is 0.566. The van der Waals surface area contributed by atoms with Gasteiger partial charge in [-0.25, -0.2) is 0 Å². The smallest absolute Gasteiger partial charge is 1.00 e. The molecule has 0 aromatic carbocycles. The molecular formula is C5H6O2Sr. The molecule has 2 nitrogen and oxygen atoms in total. The van der Waals surface area contributed by atoms with Crippen molar-refractivity contribution >= 4 is 57.0 Å². The van der Waals surface area contributed by atoms with E-state index in [1.54, 1.807) is 0 Å². The van der Waals surface area contributed by atoms with Crippen LogP contribution in [0.3, 0.4) is 0 Å². The molecule has 0 spiro atoms. The van der Waals surface area contributed by atoms with Crippen molar-refractivity contribution in [3.8, 4) is 0 Å². The van der Waals surface area contributed by atoms with Gasteiger partial charge in [0.05, 0.1) is 0 Å². The fourth-order valence-corrected chi connectivity index (χ4v) is 0.566. The van der Waals surface area contributed by atoms with Gasteiger partial charge in [0.2, 0.25) is 0 Å². The van der Waals surface area contributed by atoms with Crippen molar-refractivity contribution in [3.63, 3.8) is 0 Å².